The molecule has 24 heavy (non-hydrogen) atoms. The van der Waals surface area contributed by atoms with Crippen LogP contribution in [0.3, 0.4) is 0 Å². The molecule has 1 saturated heterocycles. The van der Waals surface area contributed by atoms with Gasteiger partial charge in [0.1, 0.15) is 5.82 Å². The number of amides is 1. The van der Waals surface area contributed by atoms with Crippen LogP contribution in [0.4, 0.5) is 10.3 Å². The zero-order valence-electron chi connectivity index (χ0n) is 13.5. The number of hydrogen-bond donors (Lipinski definition) is 1. The lowest BCUT2D eigenvalue weighted by Crippen LogP contribution is -2.37. The van der Waals surface area contributed by atoms with Crippen LogP contribution < -0.4 is 10.2 Å². The van der Waals surface area contributed by atoms with Crippen LogP contribution in [0.5, 0.6) is 0 Å². The summed E-state index contributed by atoms with van der Waals surface area (Å²) in [6, 6.07) is 7.71. The van der Waals surface area contributed by atoms with E-state index in [1.807, 2.05) is 13.0 Å². The van der Waals surface area contributed by atoms with Crippen molar-refractivity contribution in [1.82, 2.24) is 15.3 Å². The monoisotopic (exact) mass is 330 g/mol. The summed E-state index contributed by atoms with van der Waals surface area (Å²) in [5.41, 5.74) is 1.53. The topological polar surface area (TPSA) is 67.4 Å². The molecule has 0 atom stereocenters. The smallest absolute Gasteiger partial charge is 0.254 e. The minimum atomic E-state index is -0.539. The number of ether oxygens (including phenoxy) is 1. The van der Waals surface area contributed by atoms with Gasteiger partial charge in [0.05, 0.1) is 31.0 Å². The number of carbonyl (C=O) groups excluding carboxylic acids is 1. The van der Waals surface area contributed by atoms with E-state index in [1.165, 1.54) is 12.1 Å². The molecular weight excluding hydrogens is 311 g/mol. The predicted molar refractivity (Wildman–Crippen MR) is 87.4 cm³/mol. The summed E-state index contributed by atoms with van der Waals surface area (Å²) in [5, 5.41) is 2.70. The number of aryl methyl sites for hydroxylation is 1. The Morgan fingerprint density at radius 1 is 1.29 bits per heavy atom. The molecule has 0 unspecified atom stereocenters. The molecule has 1 aliphatic rings. The highest BCUT2D eigenvalue weighted by atomic mass is 19.1. The Kier molecular flexibility index (Phi) is 5.00. The Hall–Kier alpha value is -2.54. The fourth-order valence-corrected chi connectivity index (χ4v) is 2.52. The number of hydrogen-bond acceptors (Lipinski definition) is 5. The number of aromatic nitrogens is 2. The molecule has 0 spiro atoms. The molecular formula is C17H19FN4O2. The first kappa shape index (κ1) is 16.3. The van der Waals surface area contributed by atoms with Crippen LogP contribution in [0.2, 0.25) is 0 Å². The molecule has 3 rings (SSSR count). The number of morpholine rings is 1. The van der Waals surface area contributed by atoms with Gasteiger partial charge in [-0.3, -0.25) is 4.79 Å². The summed E-state index contributed by atoms with van der Waals surface area (Å²) in [6.07, 6.45) is 0. The molecule has 1 fully saturated rings. The van der Waals surface area contributed by atoms with Crippen molar-refractivity contribution in [1.29, 1.82) is 0 Å². The second kappa shape index (κ2) is 7.35. The largest absolute Gasteiger partial charge is 0.378 e. The van der Waals surface area contributed by atoms with Crippen LogP contribution in [-0.2, 0) is 11.3 Å². The summed E-state index contributed by atoms with van der Waals surface area (Å²) in [6.45, 7) is 4.88. The second-order valence-corrected chi connectivity index (χ2v) is 5.56. The summed E-state index contributed by atoms with van der Waals surface area (Å²) in [7, 11) is 0. The molecule has 7 heteroatoms. The van der Waals surface area contributed by atoms with E-state index in [9.17, 15) is 9.18 Å². The first-order chi connectivity index (χ1) is 11.6. The lowest BCUT2D eigenvalue weighted by Gasteiger charge is -2.27. The number of halogens is 1. The van der Waals surface area contributed by atoms with E-state index in [0.29, 0.717) is 24.9 Å². The molecule has 0 saturated carbocycles. The van der Waals surface area contributed by atoms with E-state index in [4.69, 9.17) is 4.74 Å². The SMILES string of the molecule is Cc1cc(CNC(=O)c2ccccc2F)nc(N2CCOCC2)n1. The van der Waals surface area contributed by atoms with Gasteiger partial charge in [0, 0.05) is 18.8 Å². The highest BCUT2D eigenvalue weighted by molar-refractivity contribution is 5.94. The van der Waals surface area contributed by atoms with Gasteiger partial charge in [-0.25, -0.2) is 14.4 Å². The average Bonchev–Trinajstić information content (AvgIpc) is 2.60. The molecule has 0 radical (unpaired) electrons. The fraction of sp³-hybridized carbons (Fsp3) is 0.353. The normalized spacial score (nSPS) is 14.5. The van der Waals surface area contributed by atoms with Crippen molar-refractivity contribution in [3.05, 3.63) is 53.1 Å². The van der Waals surface area contributed by atoms with Crippen molar-refractivity contribution < 1.29 is 13.9 Å². The van der Waals surface area contributed by atoms with Crippen LogP contribution in [0, 0.1) is 12.7 Å². The Morgan fingerprint density at radius 3 is 2.79 bits per heavy atom. The van der Waals surface area contributed by atoms with Gasteiger partial charge in [-0.05, 0) is 25.1 Å². The van der Waals surface area contributed by atoms with Crippen molar-refractivity contribution in [2.75, 3.05) is 31.2 Å². The minimum Gasteiger partial charge on any atom is -0.378 e. The Labute approximate surface area is 139 Å². The molecule has 0 aliphatic carbocycles. The van der Waals surface area contributed by atoms with E-state index >= 15 is 0 Å². The molecule has 6 nitrogen and oxygen atoms in total. The van der Waals surface area contributed by atoms with Crippen molar-refractivity contribution in [3.63, 3.8) is 0 Å². The fourth-order valence-electron chi connectivity index (χ4n) is 2.52. The van der Waals surface area contributed by atoms with Gasteiger partial charge in [0.15, 0.2) is 0 Å². The van der Waals surface area contributed by atoms with E-state index in [2.05, 4.69) is 20.2 Å². The molecule has 1 aromatic carbocycles. The lowest BCUT2D eigenvalue weighted by molar-refractivity contribution is 0.0946. The maximum Gasteiger partial charge on any atom is 0.254 e. The van der Waals surface area contributed by atoms with Crippen LogP contribution in [0.25, 0.3) is 0 Å². The molecule has 1 amide bonds. The second-order valence-electron chi connectivity index (χ2n) is 5.56. The van der Waals surface area contributed by atoms with Crippen LogP contribution in [-0.4, -0.2) is 42.2 Å². The maximum absolute atomic E-state index is 13.6. The summed E-state index contributed by atoms with van der Waals surface area (Å²) in [5.74, 6) is -0.367. The van der Waals surface area contributed by atoms with Gasteiger partial charge in [0.2, 0.25) is 5.95 Å². The molecule has 0 bridgehead atoms. The minimum absolute atomic E-state index is 0.0247. The number of nitrogens with zero attached hydrogens (tertiary/aromatic N) is 3. The van der Waals surface area contributed by atoms with Gasteiger partial charge in [-0.1, -0.05) is 12.1 Å². The zero-order chi connectivity index (χ0) is 16.9. The van der Waals surface area contributed by atoms with Crippen molar-refractivity contribution >= 4 is 11.9 Å². The van der Waals surface area contributed by atoms with Gasteiger partial charge in [-0.15, -0.1) is 0 Å². The van der Waals surface area contributed by atoms with E-state index in [-0.39, 0.29) is 12.1 Å². The molecule has 1 aliphatic heterocycles. The lowest BCUT2D eigenvalue weighted by atomic mass is 10.2. The number of benzene rings is 1. The third-order valence-corrected chi connectivity index (χ3v) is 3.74. The molecule has 126 valence electrons. The van der Waals surface area contributed by atoms with E-state index in [0.717, 1.165) is 18.8 Å². The summed E-state index contributed by atoms with van der Waals surface area (Å²) < 4.78 is 19.0. The zero-order valence-corrected chi connectivity index (χ0v) is 13.5. The van der Waals surface area contributed by atoms with Crippen LogP contribution in [0.1, 0.15) is 21.7 Å². The first-order valence-corrected chi connectivity index (χ1v) is 7.83. The highest BCUT2D eigenvalue weighted by Crippen LogP contribution is 2.12. The average molecular weight is 330 g/mol. The molecule has 1 aromatic heterocycles. The first-order valence-electron chi connectivity index (χ1n) is 7.83. The number of carbonyl (C=O) groups is 1. The van der Waals surface area contributed by atoms with E-state index in [1.54, 1.807) is 12.1 Å². The molecule has 2 aromatic rings. The Morgan fingerprint density at radius 2 is 2.04 bits per heavy atom. The number of anilines is 1. The standard InChI is InChI=1S/C17H19FN4O2/c1-12-10-13(21-17(20-12)22-6-8-24-9-7-22)11-19-16(23)14-4-2-3-5-15(14)18/h2-5,10H,6-9,11H2,1H3,(H,19,23). The van der Waals surface area contributed by atoms with Gasteiger partial charge in [-0.2, -0.15) is 0 Å². The quantitative estimate of drug-likeness (QED) is 0.924. The Balaban J connectivity index is 1.70. The van der Waals surface area contributed by atoms with Gasteiger partial charge < -0.3 is 15.0 Å². The van der Waals surface area contributed by atoms with Crippen molar-refractivity contribution in [2.45, 2.75) is 13.5 Å². The number of nitrogens with one attached hydrogen (secondary N) is 1. The van der Waals surface area contributed by atoms with Crippen molar-refractivity contribution in [2.24, 2.45) is 0 Å². The van der Waals surface area contributed by atoms with Crippen LogP contribution >= 0.6 is 0 Å². The van der Waals surface area contributed by atoms with Crippen LogP contribution in [0.15, 0.2) is 30.3 Å². The predicted octanol–water partition coefficient (Wildman–Crippen LogP) is 1.69. The number of rotatable bonds is 4. The highest BCUT2D eigenvalue weighted by Gasteiger charge is 2.16. The van der Waals surface area contributed by atoms with Crippen molar-refractivity contribution in [3.8, 4) is 0 Å². The summed E-state index contributed by atoms with van der Waals surface area (Å²) in [4.78, 5) is 23.1. The third-order valence-electron chi connectivity index (χ3n) is 3.74. The van der Waals surface area contributed by atoms with Gasteiger partial charge in [0.25, 0.3) is 5.91 Å². The maximum atomic E-state index is 13.6. The summed E-state index contributed by atoms with van der Waals surface area (Å²) >= 11 is 0. The molecule has 2 heterocycles. The van der Waals surface area contributed by atoms with Gasteiger partial charge >= 0.3 is 0 Å². The van der Waals surface area contributed by atoms with E-state index < -0.39 is 11.7 Å². The Bertz CT molecular complexity index is 732. The molecule has 1 N–H and O–H groups in total. The third kappa shape index (κ3) is 3.86.